The second-order valence-electron chi connectivity index (χ2n) is 7.48. The standard InChI is InChI=1S/C26H26N2O6S/c1-3-5-15-34-21-12-9-18(10-13-21)11-14-23(29)27-25-24(26(30)33-4-2)22(17-35-25)19-7-6-8-20(16-19)28(31)32/h6-14,16-17H,3-5,15H2,1-2H3,(H,27,29)/b14-11+. The van der Waals surface area contributed by atoms with Crippen LogP contribution in [0.5, 0.6) is 5.75 Å². The summed E-state index contributed by atoms with van der Waals surface area (Å²) >= 11 is 1.15. The summed E-state index contributed by atoms with van der Waals surface area (Å²) in [5.74, 6) is -0.272. The maximum absolute atomic E-state index is 12.7. The lowest BCUT2D eigenvalue weighted by molar-refractivity contribution is -0.384. The second kappa shape index (κ2) is 12.5. The molecule has 0 aliphatic carbocycles. The Morgan fingerprint density at radius 3 is 2.60 bits per heavy atom. The third-order valence-electron chi connectivity index (χ3n) is 4.95. The van der Waals surface area contributed by atoms with Gasteiger partial charge in [0, 0.05) is 29.2 Å². The van der Waals surface area contributed by atoms with E-state index in [1.54, 1.807) is 30.5 Å². The minimum atomic E-state index is -0.617. The fourth-order valence-corrected chi connectivity index (χ4v) is 4.15. The number of amides is 1. The molecule has 3 aromatic rings. The monoisotopic (exact) mass is 494 g/mol. The van der Waals surface area contributed by atoms with E-state index < -0.39 is 16.8 Å². The van der Waals surface area contributed by atoms with Gasteiger partial charge in [-0.15, -0.1) is 11.3 Å². The maximum atomic E-state index is 12.7. The lowest BCUT2D eigenvalue weighted by atomic mass is 10.0. The molecule has 35 heavy (non-hydrogen) atoms. The quantitative estimate of drug-likeness (QED) is 0.110. The zero-order valence-electron chi connectivity index (χ0n) is 19.5. The van der Waals surface area contributed by atoms with Crippen LogP contribution in [0, 0.1) is 10.1 Å². The number of hydrogen-bond acceptors (Lipinski definition) is 7. The van der Waals surface area contributed by atoms with Gasteiger partial charge in [0.25, 0.3) is 5.69 Å². The largest absolute Gasteiger partial charge is 0.494 e. The van der Waals surface area contributed by atoms with Gasteiger partial charge in [0.15, 0.2) is 0 Å². The van der Waals surface area contributed by atoms with Gasteiger partial charge in [-0.05, 0) is 42.7 Å². The van der Waals surface area contributed by atoms with E-state index in [0.29, 0.717) is 22.7 Å². The average Bonchev–Trinajstić information content (AvgIpc) is 3.27. The fraction of sp³-hybridized carbons (Fsp3) is 0.231. The number of anilines is 1. The molecule has 182 valence electrons. The molecule has 1 heterocycles. The lowest BCUT2D eigenvalue weighted by Crippen LogP contribution is -2.12. The second-order valence-corrected chi connectivity index (χ2v) is 8.35. The molecular formula is C26H26N2O6S. The van der Waals surface area contributed by atoms with Crippen molar-refractivity contribution in [1.29, 1.82) is 0 Å². The molecule has 0 bridgehead atoms. The Kier molecular flexibility index (Phi) is 9.14. The predicted molar refractivity (Wildman–Crippen MR) is 137 cm³/mol. The Hall–Kier alpha value is -3.98. The number of non-ortho nitro benzene ring substituents is 1. The summed E-state index contributed by atoms with van der Waals surface area (Å²) in [6.45, 7) is 4.59. The zero-order valence-corrected chi connectivity index (χ0v) is 20.3. The van der Waals surface area contributed by atoms with Crippen LogP contribution in [0.1, 0.15) is 42.6 Å². The van der Waals surface area contributed by atoms with Crippen molar-refractivity contribution in [2.24, 2.45) is 0 Å². The number of esters is 1. The molecule has 0 aliphatic rings. The zero-order chi connectivity index (χ0) is 25.2. The van der Waals surface area contributed by atoms with Crippen molar-refractivity contribution in [3.8, 4) is 16.9 Å². The SMILES string of the molecule is CCCCOc1ccc(/C=C/C(=O)Nc2scc(-c3cccc([N+](=O)[O-])c3)c2C(=O)OCC)cc1. The van der Waals surface area contributed by atoms with Crippen molar-refractivity contribution in [3.63, 3.8) is 0 Å². The number of nitrogens with zero attached hydrogens (tertiary/aromatic N) is 1. The summed E-state index contributed by atoms with van der Waals surface area (Å²) < 4.78 is 10.8. The maximum Gasteiger partial charge on any atom is 0.341 e. The highest BCUT2D eigenvalue weighted by atomic mass is 32.1. The van der Waals surface area contributed by atoms with Crippen molar-refractivity contribution >= 4 is 40.0 Å². The van der Waals surface area contributed by atoms with E-state index in [1.807, 2.05) is 24.3 Å². The van der Waals surface area contributed by atoms with Gasteiger partial charge in [-0.2, -0.15) is 0 Å². The van der Waals surface area contributed by atoms with E-state index in [9.17, 15) is 19.7 Å². The summed E-state index contributed by atoms with van der Waals surface area (Å²) in [7, 11) is 0. The topological polar surface area (TPSA) is 108 Å². The molecule has 2 aromatic carbocycles. The Labute approximate surface area is 207 Å². The molecule has 0 radical (unpaired) electrons. The van der Waals surface area contributed by atoms with Gasteiger partial charge in [-0.25, -0.2) is 4.79 Å². The number of nitro groups is 1. The van der Waals surface area contributed by atoms with Gasteiger partial charge in [-0.1, -0.05) is 37.6 Å². The highest BCUT2D eigenvalue weighted by molar-refractivity contribution is 7.15. The Balaban J connectivity index is 1.78. The lowest BCUT2D eigenvalue weighted by Gasteiger charge is -2.08. The van der Waals surface area contributed by atoms with E-state index >= 15 is 0 Å². The first kappa shape index (κ1) is 25.6. The highest BCUT2D eigenvalue weighted by Crippen LogP contribution is 2.37. The summed E-state index contributed by atoms with van der Waals surface area (Å²) in [5.41, 5.74) is 1.81. The number of carbonyl (C=O) groups excluding carboxylic acids is 2. The number of ether oxygens (including phenoxy) is 2. The first-order valence-electron chi connectivity index (χ1n) is 11.2. The molecule has 0 unspecified atom stereocenters. The third kappa shape index (κ3) is 7.00. The minimum Gasteiger partial charge on any atom is -0.494 e. The molecule has 0 saturated heterocycles. The van der Waals surface area contributed by atoms with Crippen LogP contribution in [0.4, 0.5) is 10.7 Å². The molecule has 0 saturated carbocycles. The number of benzene rings is 2. The number of hydrogen-bond donors (Lipinski definition) is 1. The summed E-state index contributed by atoms with van der Waals surface area (Å²) in [4.78, 5) is 36.0. The van der Waals surface area contributed by atoms with Gasteiger partial charge in [0.1, 0.15) is 16.3 Å². The highest BCUT2D eigenvalue weighted by Gasteiger charge is 2.23. The number of rotatable bonds is 11. The Morgan fingerprint density at radius 2 is 1.91 bits per heavy atom. The molecule has 0 fully saturated rings. The Bertz CT molecular complexity index is 1220. The van der Waals surface area contributed by atoms with Crippen molar-refractivity contribution in [2.45, 2.75) is 26.7 Å². The van der Waals surface area contributed by atoms with Crippen LogP contribution in [0.2, 0.25) is 0 Å². The fourth-order valence-electron chi connectivity index (χ4n) is 3.19. The van der Waals surface area contributed by atoms with Crippen LogP contribution >= 0.6 is 11.3 Å². The molecule has 0 spiro atoms. The minimum absolute atomic E-state index is 0.0983. The third-order valence-corrected chi connectivity index (χ3v) is 5.84. The van der Waals surface area contributed by atoms with E-state index in [-0.39, 0.29) is 17.9 Å². The molecule has 1 N–H and O–H groups in total. The number of carbonyl (C=O) groups is 2. The number of nitro benzene ring substituents is 1. The van der Waals surface area contributed by atoms with Gasteiger partial charge < -0.3 is 14.8 Å². The number of thiophene rings is 1. The Morgan fingerprint density at radius 1 is 1.14 bits per heavy atom. The van der Waals surface area contributed by atoms with E-state index in [0.717, 1.165) is 35.5 Å². The normalized spacial score (nSPS) is 10.8. The molecule has 3 rings (SSSR count). The van der Waals surface area contributed by atoms with Crippen LogP contribution < -0.4 is 10.1 Å². The van der Waals surface area contributed by atoms with Crippen molar-refractivity contribution in [1.82, 2.24) is 0 Å². The molecule has 0 atom stereocenters. The van der Waals surface area contributed by atoms with Crippen molar-refractivity contribution < 1.29 is 24.0 Å². The van der Waals surface area contributed by atoms with Crippen LogP contribution in [-0.2, 0) is 9.53 Å². The van der Waals surface area contributed by atoms with E-state index in [1.165, 1.54) is 18.2 Å². The van der Waals surface area contributed by atoms with Crippen molar-refractivity contribution in [3.05, 3.63) is 81.2 Å². The van der Waals surface area contributed by atoms with Crippen LogP contribution in [0.15, 0.2) is 60.0 Å². The molecule has 0 aliphatic heterocycles. The van der Waals surface area contributed by atoms with Crippen LogP contribution in [0.3, 0.4) is 0 Å². The molecule has 8 nitrogen and oxygen atoms in total. The smallest absolute Gasteiger partial charge is 0.341 e. The van der Waals surface area contributed by atoms with E-state index in [4.69, 9.17) is 9.47 Å². The van der Waals surface area contributed by atoms with Gasteiger partial charge in [-0.3, -0.25) is 14.9 Å². The van der Waals surface area contributed by atoms with Gasteiger partial charge in [0.05, 0.1) is 18.1 Å². The predicted octanol–water partition coefficient (Wildman–Crippen LogP) is 6.33. The van der Waals surface area contributed by atoms with Gasteiger partial charge >= 0.3 is 5.97 Å². The molecule has 9 heteroatoms. The van der Waals surface area contributed by atoms with Crippen molar-refractivity contribution in [2.75, 3.05) is 18.5 Å². The number of unbranched alkanes of at least 4 members (excludes halogenated alkanes) is 1. The first-order valence-corrected chi connectivity index (χ1v) is 12.1. The summed E-state index contributed by atoms with van der Waals surface area (Å²) in [6.07, 6.45) is 5.07. The van der Waals surface area contributed by atoms with Crippen LogP contribution in [0.25, 0.3) is 17.2 Å². The summed E-state index contributed by atoms with van der Waals surface area (Å²) in [6, 6.07) is 13.3. The summed E-state index contributed by atoms with van der Waals surface area (Å²) in [5, 5.41) is 15.9. The average molecular weight is 495 g/mol. The molecule has 1 amide bonds. The first-order chi connectivity index (χ1) is 16.9. The number of nitrogens with one attached hydrogen (secondary N) is 1. The molecule has 1 aromatic heterocycles. The van der Waals surface area contributed by atoms with Crippen LogP contribution in [-0.4, -0.2) is 30.0 Å². The van der Waals surface area contributed by atoms with E-state index in [2.05, 4.69) is 12.2 Å². The molecular weight excluding hydrogens is 468 g/mol. The van der Waals surface area contributed by atoms with Gasteiger partial charge in [0.2, 0.25) is 5.91 Å².